The number of amides is 1. The van der Waals surface area contributed by atoms with Gasteiger partial charge < -0.3 is 11.1 Å². The van der Waals surface area contributed by atoms with Crippen LogP contribution in [0.3, 0.4) is 0 Å². The molecule has 32 heavy (non-hydrogen) atoms. The Morgan fingerprint density at radius 2 is 2.00 bits per heavy atom. The maximum Gasteiger partial charge on any atom is 0.276 e. The summed E-state index contributed by atoms with van der Waals surface area (Å²) in [5.74, 6) is -0.641. The Morgan fingerprint density at radius 3 is 2.69 bits per heavy atom. The molecule has 0 saturated carbocycles. The zero-order valence-corrected chi connectivity index (χ0v) is 16.9. The average Bonchev–Trinajstić information content (AvgIpc) is 3.11. The van der Waals surface area contributed by atoms with Crippen LogP contribution in [-0.2, 0) is 11.2 Å². The van der Waals surface area contributed by atoms with E-state index in [0.717, 1.165) is 0 Å². The van der Waals surface area contributed by atoms with Crippen LogP contribution in [0.5, 0.6) is 0 Å². The van der Waals surface area contributed by atoms with Gasteiger partial charge in [0.1, 0.15) is 23.3 Å². The molecule has 0 radical (unpaired) electrons. The first-order valence-corrected chi connectivity index (χ1v) is 9.63. The maximum atomic E-state index is 13.1. The Balaban J connectivity index is 1.58. The molecule has 0 fully saturated rings. The van der Waals surface area contributed by atoms with Crippen molar-refractivity contribution in [3.05, 3.63) is 87.4 Å². The third-order valence-corrected chi connectivity index (χ3v) is 4.61. The van der Waals surface area contributed by atoms with Crippen LogP contribution in [0.2, 0.25) is 0 Å². The molecule has 0 aliphatic carbocycles. The number of hydrogen-bond donors (Lipinski definition) is 2. The van der Waals surface area contributed by atoms with Crippen LogP contribution in [0.25, 0.3) is 11.8 Å². The molecule has 0 atom stereocenters. The lowest BCUT2D eigenvalue weighted by Crippen LogP contribution is -2.22. The number of aromatic nitrogens is 2. The van der Waals surface area contributed by atoms with Crippen molar-refractivity contribution in [2.75, 3.05) is 12.3 Å². The lowest BCUT2D eigenvalue weighted by Gasteiger charge is -2.03. The van der Waals surface area contributed by atoms with E-state index in [1.54, 1.807) is 18.2 Å². The molecule has 0 aliphatic rings. The molecule has 0 bridgehead atoms. The standard InChI is InChI=1S/C22H19FN6O3/c23-16-8-10-17(11-9-16)28-22(25)18(14-24)19(27-28)5-3-13-26-21(30)12-7-15-4-1-2-6-20(15)29(31)32/h1-2,4,6-12H,3,5,13,25H2,(H,26,30)/b12-7+. The number of nitrogens with zero attached hydrogens (tertiary/aromatic N) is 4. The lowest BCUT2D eigenvalue weighted by molar-refractivity contribution is -0.385. The van der Waals surface area contributed by atoms with Crippen molar-refractivity contribution < 1.29 is 14.1 Å². The normalized spacial score (nSPS) is 10.8. The Kier molecular flexibility index (Phi) is 6.92. The third kappa shape index (κ3) is 5.14. The number of para-hydroxylation sites is 1. The smallest absolute Gasteiger partial charge is 0.276 e. The number of nitrogens with one attached hydrogen (secondary N) is 1. The molecule has 1 amide bonds. The summed E-state index contributed by atoms with van der Waals surface area (Å²) in [6.45, 7) is 0.300. The van der Waals surface area contributed by atoms with Gasteiger partial charge in [0, 0.05) is 18.7 Å². The van der Waals surface area contributed by atoms with E-state index in [-0.39, 0.29) is 17.1 Å². The second-order valence-corrected chi connectivity index (χ2v) is 6.75. The predicted octanol–water partition coefficient (Wildman–Crippen LogP) is 3.14. The molecule has 0 saturated heterocycles. The van der Waals surface area contributed by atoms with E-state index in [1.165, 1.54) is 47.2 Å². The number of nitro benzene ring substituents is 1. The number of halogens is 1. The first-order chi connectivity index (χ1) is 15.4. The highest BCUT2D eigenvalue weighted by Gasteiger charge is 2.16. The minimum absolute atomic E-state index is 0.0880. The van der Waals surface area contributed by atoms with Crippen LogP contribution in [0.1, 0.15) is 23.2 Å². The summed E-state index contributed by atoms with van der Waals surface area (Å²) < 4.78 is 14.5. The van der Waals surface area contributed by atoms with Gasteiger partial charge in [-0.3, -0.25) is 14.9 Å². The molecule has 3 N–H and O–H groups in total. The fraction of sp³-hybridized carbons (Fsp3) is 0.136. The van der Waals surface area contributed by atoms with E-state index in [2.05, 4.69) is 10.4 Å². The molecule has 9 nitrogen and oxygen atoms in total. The largest absolute Gasteiger partial charge is 0.382 e. The number of anilines is 1. The van der Waals surface area contributed by atoms with Crippen LogP contribution >= 0.6 is 0 Å². The monoisotopic (exact) mass is 434 g/mol. The highest BCUT2D eigenvalue weighted by molar-refractivity contribution is 5.92. The van der Waals surface area contributed by atoms with Gasteiger partial charge in [0.2, 0.25) is 5.91 Å². The predicted molar refractivity (Wildman–Crippen MR) is 116 cm³/mol. The number of rotatable bonds is 8. The fourth-order valence-electron chi connectivity index (χ4n) is 3.04. The Hall–Kier alpha value is -4.52. The number of nitrogens with two attached hydrogens (primary N) is 1. The SMILES string of the molecule is N#Cc1c(CCCNC(=O)/C=C/c2ccccc2[N+](=O)[O-])nn(-c2ccc(F)cc2)c1N. The number of benzene rings is 2. The summed E-state index contributed by atoms with van der Waals surface area (Å²) >= 11 is 0. The minimum atomic E-state index is -0.513. The second kappa shape index (κ2) is 9.99. The first kappa shape index (κ1) is 22.2. The van der Waals surface area contributed by atoms with Crippen molar-refractivity contribution >= 4 is 23.5 Å². The summed E-state index contributed by atoms with van der Waals surface area (Å²) in [6.07, 6.45) is 3.48. The summed E-state index contributed by atoms with van der Waals surface area (Å²) in [5.41, 5.74) is 7.49. The molecule has 162 valence electrons. The van der Waals surface area contributed by atoms with Gasteiger partial charge in [0.25, 0.3) is 5.69 Å². The zero-order valence-electron chi connectivity index (χ0n) is 16.9. The van der Waals surface area contributed by atoms with Crippen LogP contribution in [0, 0.1) is 27.3 Å². The van der Waals surface area contributed by atoms with Crippen molar-refractivity contribution in [2.45, 2.75) is 12.8 Å². The summed E-state index contributed by atoms with van der Waals surface area (Å²) in [6, 6.07) is 13.7. The topological polar surface area (TPSA) is 140 Å². The minimum Gasteiger partial charge on any atom is -0.382 e. The second-order valence-electron chi connectivity index (χ2n) is 6.75. The molecule has 1 heterocycles. The number of carbonyl (C=O) groups excluding carboxylic acids is 1. The number of nitrogen functional groups attached to an aromatic ring is 1. The molecule has 1 aromatic heterocycles. The molecule has 0 aliphatic heterocycles. The molecular formula is C22H19FN6O3. The van der Waals surface area contributed by atoms with Crippen LogP contribution in [0.15, 0.2) is 54.6 Å². The number of hydrogen-bond acceptors (Lipinski definition) is 6. The van der Waals surface area contributed by atoms with Gasteiger partial charge >= 0.3 is 0 Å². The van der Waals surface area contributed by atoms with Crippen molar-refractivity contribution in [1.29, 1.82) is 5.26 Å². The van der Waals surface area contributed by atoms with E-state index in [1.807, 2.05) is 6.07 Å². The van der Waals surface area contributed by atoms with Crippen molar-refractivity contribution in [3.63, 3.8) is 0 Å². The fourth-order valence-corrected chi connectivity index (χ4v) is 3.04. The zero-order chi connectivity index (χ0) is 23.1. The Labute approximate surface area is 182 Å². The van der Waals surface area contributed by atoms with Crippen molar-refractivity contribution in [1.82, 2.24) is 15.1 Å². The molecule has 10 heteroatoms. The number of nitriles is 1. The highest BCUT2D eigenvalue weighted by Crippen LogP contribution is 2.22. The van der Waals surface area contributed by atoms with Gasteiger partial charge in [-0.05, 0) is 49.2 Å². The lowest BCUT2D eigenvalue weighted by atomic mass is 10.1. The molecule has 0 spiro atoms. The first-order valence-electron chi connectivity index (χ1n) is 9.63. The molecular weight excluding hydrogens is 415 g/mol. The molecule has 3 aromatic rings. The van der Waals surface area contributed by atoms with Gasteiger partial charge in [-0.1, -0.05) is 12.1 Å². The summed E-state index contributed by atoms with van der Waals surface area (Å²) in [4.78, 5) is 22.5. The van der Waals surface area contributed by atoms with E-state index >= 15 is 0 Å². The van der Waals surface area contributed by atoms with Crippen LogP contribution in [-0.4, -0.2) is 27.2 Å². The van der Waals surface area contributed by atoms with E-state index < -0.39 is 16.6 Å². The summed E-state index contributed by atoms with van der Waals surface area (Å²) in [7, 11) is 0. The van der Waals surface area contributed by atoms with Crippen LogP contribution in [0.4, 0.5) is 15.9 Å². The quantitative estimate of drug-likeness (QED) is 0.242. The number of aryl methyl sites for hydroxylation is 1. The summed E-state index contributed by atoms with van der Waals surface area (Å²) in [5, 5.41) is 27.5. The number of carbonyl (C=O) groups is 1. The van der Waals surface area contributed by atoms with Gasteiger partial charge in [-0.15, -0.1) is 0 Å². The molecule has 0 unspecified atom stereocenters. The van der Waals surface area contributed by atoms with Gasteiger partial charge in [-0.2, -0.15) is 10.4 Å². The third-order valence-electron chi connectivity index (χ3n) is 4.61. The molecule has 3 rings (SSSR count). The average molecular weight is 434 g/mol. The highest BCUT2D eigenvalue weighted by atomic mass is 19.1. The van der Waals surface area contributed by atoms with E-state index in [9.17, 15) is 24.6 Å². The van der Waals surface area contributed by atoms with Crippen LogP contribution < -0.4 is 11.1 Å². The van der Waals surface area contributed by atoms with E-state index in [4.69, 9.17) is 5.73 Å². The van der Waals surface area contributed by atoms with Gasteiger partial charge in [-0.25, -0.2) is 9.07 Å². The van der Waals surface area contributed by atoms with Gasteiger partial charge in [0.05, 0.1) is 21.9 Å². The molecule has 2 aromatic carbocycles. The van der Waals surface area contributed by atoms with Gasteiger partial charge in [0.15, 0.2) is 0 Å². The Morgan fingerprint density at radius 1 is 1.28 bits per heavy atom. The van der Waals surface area contributed by atoms with Crippen molar-refractivity contribution in [3.8, 4) is 11.8 Å². The van der Waals surface area contributed by atoms with Crippen molar-refractivity contribution in [2.24, 2.45) is 0 Å². The van der Waals surface area contributed by atoms with E-state index in [0.29, 0.717) is 36.3 Å². The number of nitro groups is 1. The Bertz CT molecular complexity index is 1210. The maximum absolute atomic E-state index is 13.1.